The van der Waals surface area contributed by atoms with Crippen molar-refractivity contribution in [1.29, 1.82) is 0 Å². The summed E-state index contributed by atoms with van der Waals surface area (Å²) >= 11 is 0. The summed E-state index contributed by atoms with van der Waals surface area (Å²) in [5.74, 6) is -0.387. The van der Waals surface area contributed by atoms with Gasteiger partial charge in [-0.05, 0) is 49.5 Å². The van der Waals surface area contributed by atoms with Crippen LogP contribution < -0.4 is 10.2 Å². The maximum Gasteiger partial charge on any atom is 0.416 e. The van der Waals surface area contributed by atoms with Gasteiger partial charge in [-0.25, -0.2) is 0 Å². The smallest absolute Gasteiger partial charge is 0.353 e. The van der Waals surface area contributed by atoms with Gasteiger partial charge < -0.3 is 15.1 Å². The minimum absolute atomic E-state index is 0.0259. The zero-order chi connectivity index (χ0) is 26.1. The number of hydrogen-bond donors (Lipinski definition) is 1. The van der Waals surface area contributed by atoms with E-state index < -0.39 is 35.0 Å². The highest BCUT2D eigenvalue weighted by Gasteiger charge is 2.37. The first kappa shape index (κ1) is 25.4. The third-order valence-electron chi connectivity index (χ3n) is 5.74. The minimum atomic E-state index is -5.05. The molecule has 1 fully saturated rings. The van der Waals surface area contributed by atoms with Crippen LogP contribution in [0.15, 0.2) is 54.6 Å². The number of amides is 1. The van der Waals surface area contributed by atoms with Gasteiger partial charge in [0.1, 0.15) is 0 Å². The molecule has 12 heteroatoms. The number of anilines is 2. The van der Waals surface area contributed by atoms with E-state index in [0.717, 1.165) is 32.0 Å². The van der Waals surface area contributed by atoms with Crippen LogP contribution in [0.25, 0.3) is 11.3 Å². The molecule has 2 aromatic carbocycles. The summed E-state index contributed by atoms with van der Waals surface area (Å²) < 4.78 is 78.7. The Morgan fingerprint density at radius 3 is 2.03 bits per heavy atom. The Morgan fingerprint density at radius 2 is 1.47 bits per heavy atom. The largest absolute Gasteiger partial charge is 0.416 e. The number of carbonyl (C=O) groups is 1. The van der Waals surface area contributed by atoms with E-state index in [4.69, 9.17) is 0 Å². The molecule has 36 heavy (non-hydrogen) atoms. The van der Waals surface area contributed by atoms with Crippen LogP contribution in [0.3, 0.4) is 0 Å². The Balaban J connectivity index is 1.54. The molecule has 0 unspecified atom stereocenters. The molecule has 0 radical (unpaired) electrons. The second-order valence-corrected chi connectivity index (χ2v) is 8.40. The molecular formula is C24H21F6N5O. The maximum atomic E-state index is 13.1. The summed E-state index contributed by atoms with van der Waals surface area (Å²) in [6, 6.07) is 10.6. The first-order chi connectivity index (χ1) is 16.9. The average molecular weight is 509 g/mol. The third kappa shape index (κ3) is 5.93. The third-order valence-corrected chi connectivity index (χ3v) is 5.74. The molecule has 3 aromatic rings. The van der Waals surface area contributed by atoms with Crippen molar-refractivity contribution in [3.05, 3.63) is 71.3 Å². The van der Waals surface area contributed by atoms with Gasteiger partial charge in [0.15, 0.2) is 5.82 Å². The van der Waals surface area contributed by atoms with Crippen molar-refractivity contribution in [3.63, 3.8) is 0 Å². The summed E-state index contributed by atoms with van der Waals surface area (Å²) in [6.07, 6.45) is -10.1. The highest BCUT2D eigenvalue weighted by Crippen LogP contribution is 2.36. The Morgan fingerprint density at radius 1 is 0.833 bits per heavy atom. The van der Waals surface area contributed by atoms with E-state index in [9.17, 15) is 31.1 Å². The predicted octanol–water partition coefficient (Wildman–Crippen LogP) is 5.19. The Kier molecular flexibility index (Phi) is 6.90. The normalized spacial score (nSPS) is 15.1. The van der Waals surface area contributed by atoms with Gasteiger partial charge in [-0.1, -0.05) is 12.1 Å². The lowest BCUT2D eigenvalue weighted by Crippen LogP contribution is -2.44. The van der Waals surface area contributed by atoms with Crippen molar-refractivity contribution >= 4 is 17.4 Å². The number of nitrogens with zero attached hydrogens (tertiary/aromatic N) is 4. The van der Waals surface area contributed by atoms with Crippen molar-refractivity contribution in [3.8, 4) is 11.3 Å². The van der Waals surface area contributed by atoms with Gasteiger partial charge in [-0.2, -0.15) is 26.3 Å². The highest BCUT2D eigenvalue weighted by atomic mass is 19.4. The van der Waals surface area contributed by atoms with Crippen LogP contribution in [0.2, 0.25) is 0 Å². The monoisotopic (exact) mass is 509 g/mol. The molecule has 2 heterocycles. The van der Waals surface area contributed by atoms with Crippen molar-refractivity contribution in [2.75, 3.05) is 43.4 Å². The molecule has 1 N–H and O–H groups in total. The van der Waals surface area contributed by atoms with Crippen LogP contribution in [-0.2, 0) is 12.4 Å². The summed E-state index contributed by atoms with van der Waals surface area (Å²) in [6.45, 7) is 3.44. The standard InChI is InChI=1S/C24H21F6N5O/c1-34-7-9-35(10-8-34)21-6-5-20(32-33-21)15-3-2-4-19(13-15)31-22(36)16-11-17(23(25,26)27)14-18(12-16)24(28,29)30/h2-6,11-14H,7-10H2,1H3,(H,31,36). The molecule has 6 nitrogen and oxygen atoms in total. The lowest BCUT2D eigenvalue weighted by molar-refractivity contribution is -0.143. The number of carbonyl (C=O) groups excluding carboxylic acids is 1. The van der Waals surface area contributed by atoms with Crippen LogP contribution in [0.1, 0.15) is 21.5 Å². The highest BCUT2D eigenvalue weighted by molar-refractivity contribution is 6.04. The van der Waals surface area contributed by atoms with E-state index in [1.807, 2.05) is 13.1 Å². The second-order valence-electron chi connectivity index (χ2n) is 8.40. The fourth-order valence-electron chi connectivity index (χ4n) is 3.73. The molecule has 1 aliphatic heterocycles. The molecule has 1 aliphatic rings. The number of piperazine rings is 1. The SMILES string of the molecule is CN1CCN(c2ccc(-c3cccc(NC(=O)c4cc(C(F)(F)F)cc(C(F)(F)F)c4)c3)nn2)CC1. The van der Waals surface area contributed by atoms with Crippen LogP contribution in [0.5, 0.6) is 0 Å². The molecular weight excluding hydrogens is 488 g/mol. The van der Waals surface area contributed by atoms with Gasteiger partial charge in [0.2, 0.25) is 0 Å². The topological polar surface area (TPSA) is 61.4 Å². The number of likely N-dealkylation sites (N-methyl/N-ethyl adjacent to an activating group) is 1. The zero-order valence-electron chi connectivity index (χ0n) is 19.0. The van der Waals surface area contributed by atoms with Gasteiger partial charge in [0, 0.05) is 43.0 Å². The van der Waals surface area contributed by atoms with E-state index in [0.29, 0.717) is 23.4 Å². The molecule has 0 saturated carbocycles. The lowest BCUT2D eigenvalue weighted by atomic mass is 10.0. The van der Waals surface area contributed by atoms with E-state index in [2.05, 4.69) is 25.3 Å². The summed E-state index contributed by atoms with van der Waals surface area (Å²) in [5.41, 5.74) is -2.67. The fraction of sp³-hybridized carbons (Fsp3) is 0.292. The molecule has 1 aromatic heterocycles. The Hall–Kier alpha value is -3.67. The molecule has 4 rings (SSSR count). The van der Waals surface area contributed by atoms with Crippen molar-refractivity contribution in [2.24, 2.45) is 0 Å². The van der Waals surface area contributed by atoms with Gasteiger partial charge in [-0.3, -0.25) is 4.79 Å². The molecule has 0 bridgehead atoms. The number of aromatic nitrogens is 2. The lowest BCUT2D eigenvalue weighted by Gasteiger charge is -2.32. The molecule has 190 valence electrons. The van der Waals surface area contributed by atoms with Gasteiger partial charge >= 0.3 is 12.4 Å². The van der Waals surface area contributed by atoms with Gasteiger partial charge in [0.05, 0.1) is 16.8 Å². The molecule has 0 aliphatic carbocycles. The van der Waals surface area contributed by atoms with Crippen LogP contribution >= 0.6 is 0 Å². The predicted molar refractivity (Wildman–Crippen MR) is 122 cm³/mol. The summed E-state index contributed by atoms with van der Waals surface area (Å²) in [4.78, 5) is 16.9. The minimum Gasteiger partial charge on any atom is -0.353 e. The number of benzene rings is 2. The van der Waals surface area contributed by atoms with Crippen molar-refractivity contribution < 1.29 is 31.1 Å². The number of hydrogen-bond acceptors (Lipinski definition) is 5. The van der Waals surface area contributed by atoms with Crippen LogP contribution in [-0.4, -0.2) is 54.2 Å². The molecule has 1 saturated heterocycles. The fourth-order valence-corrected chi connectivity index (χ4v) is 3.73. The number of halogens is 6. The Bertz CT molecular complexity index is 1200. The summed E-state index contributed by atoms with van der Waals surface area (Å²) in [7, 11) is 2.04. The second kappa shape index (κ2) is 9.76. The van der Waals surface area contributed by atoms with E-state index in [1.165, 1.54) is 12.1 Å². The van der Waals surface area contributed by atoms with E-state index in [1.54, 1.807) is 18.2 Å². The maximum absolute atomic E-state index is 13.1. The van der Waals surface area contributed by atoms with Gasteiger partial charge in [0.25, 0.3) is 5.91 Å². The average Bonchev–Trinajstić information content (AvgIpc) is 2.83. The molecule has 0 spiro atoms. The quantitative estimate of drug-likeness (QED) is 0.491. The first-order valence-corrected chi connectivity index (χ1v) is 10.9. The number of rotatable bonds is 4. The number of nitrogens with one attached hydrogen (secondary N) is 1. The Labute approximate surface area is 202 Å². The van der Waals surface area contributed by atoms with Crippen LogP contribution in [0, 0.1) is 0 Å². The van der Waals surface area contributed by atoms with Gasteiger partial charge in [-0.15, -0.1) is 10.2 Å². The van der Waals surface area contributed by atoms with Crippen molar-refractivity contribution in [2.45, 2.75) is 12.4 Å². The first-order valence-electron chi connectivity index (χ1n) is 10.9. The summed E-state index contributed by atoms with van der Waals surface area (Å²) in [5, 5.41) is 10.9. The van der Waals surface area contributed by atoms with Crippen LogP contribution in [0.4, 0.5) is 37.8 Å². The molecule has 0 atom stereocenters. The van der Waals surface area contributed by atoms with E-state index in [-0.39, 0.29) is 11.8 Å². The molecule has 1 amide bonds. The van der Waals surface area contributed by atoms with E-state index >= 15 is 0 Å². The van der Waals surface area contributed by atoms with Crippen molar-refractivity contribution in [1.82, 2.24) is 15.1 Å². The number of alkyl halides is 6. The zero-order valence-corrected chi connectivity index (χ0v) is 19.0.